The Bertz CT molecular complexity index is 613. The van der Waals surface area contributed by atoms with Crippen molar-refractivity contribution in [2.45, 2.75) is 18.9 Å². The molecule has 7 heteroatoms. The van der Waals surface area contributed by atoms with Crippen molar-refractivity contribution in [1.29, 1.82) is 0 Å². The van der Waals surface area contributed by atoms with Gasteiger partial charge in [0.25, 0.3) is 0 Å². The lowest BCUT2D eigenvalue weighted by Gasteiger charge is -2.31. The lowest BCUT2D eigenvalue weighted by Crippen LogP contribution is -2.48. The van der Waals surface area contributed by atoms with Gasteiger partial charge in [-0.25, -0.2) is 4.79 Å². The summed E-state index contributed by atoms with van der Waals surface area (Å²) in [6.07, 6.45) is 0. The molecule has 3 rings (SSSR count). The molecule has 2 atom stereocenters. The summed E-state index contributed by atoms with van der Waals surface area (Å²) in [6.45, 7) is 5.02. The molecule has 136 valence electrons. The Labute approximate surface area is 147 Å². The highest BCUT2D eigenvalue weighted by atomic mass is 16.5. The Morgan fingerprint density at radius 1 is 1.12 bits per heavy atom. The van der Waals surface area contributed by atoms with E-state index < -0.39 is 0 Å². The largest absolute Gasteiger partial charge is 0.497 e. The molecule has 1 aromatic rings. The summed E-state index contributed by atoms with van der Waals surface area (Å²) >= 11 is 0. The van der Waals surface area contributed by atoms with Gasteiger partial charge in [0, 0.05) is 39.0 Å². The van der Waals surface area contributed by atoms with Gasteiger partial charge in [0.05, 0.1) is 26.4 Å². The van der Waals surface area contributed by atoms with Crippen LogP contribution in [0.15, 0.2) is 24.3 Å². The smallest absolute Gasteiger partial charge is 0.320 e. The summed E-state index contributed by atoms with van der Waals surface area (Å²) in [7, 11) is 1.63. The molecule has 0 saturated carbocycles. The maximum Gasteiger partial charge on any atom is 0.320 e. The second kappa shape index (κ2) is 7.74. The zero-order valence-electron chi connectivity index (χ0n) is 14.7. The summed E-state index contributed by atoms with van der Waals surface area (Å²) in [6, 6.07) is 7.76. The third-order valence-corrected chi connectivity index (χ3v) is 4.80. The Morgan fingerprint density at radius 2 is 1.80 bits per heavy atom. The van der Waals surface area contributed by atoms with E-state index in [0.29, 0.717) is 39.4 Å². The van der Waals surface area contributed by atoms with Crippen LogP contribution in [0.3, 0.4) is 0 Å². The van der Waals surface area contributed by atoms with Gasteiger partial charge >= 0.3 is 6.03 Å². The van der Waals surface area contributed by atoms with Crippen LogP contribution in [0.1, 0.15) is 18.4 Å². The molecule has 0 radical (unpaired) electrons. The number of carbonyl (C=O) groups excluding carboxylic acids is 2. The highest BCUT2D eigenvalue weighted by molar-refractivity contribution is 5.76. The first-order valence-electron chi connectivity index (χ1n) is 8.61. The van der Waals surface area contributed by atoms with Gasteiger partial charge in [-0.05, 0) is 17.7 Å². The minimum Gasteiger partial charge on any atom is -0.497 e. The molecule has 2 aliphatic heterocycles. The predicted molar refractivity (Wildman–Crippen MR) is 92.7 cm³/mol. The number of rotatable bonds is 3. The number of nitrogens with one attached hydrogen (secondary N) is 1. The van der Waals surface area contributed by atoms with Crippen LogP contribution in [0.2, 0.25) is 0 Å². The van der Waals surface area contributed by atoms with Crippen molar-refractivity contribution in [3.63, 3.8) is 0 Å². The summed E-state index contributed by atoms with van der Waals surface area (Å²) in [5, 5.41) is 3.00. The zero-order valence-corrected chi connectivity index (χ0v) is 14.7. The van der Waals surface area contributed by atoms with Gasteiger partial charge in [0.2, 0.25) is 5.91 Å². The van der Waals surface area contributed by atoms with Crippen LogP contribution in [0, 0.1) is 0 Å². The molecular weight excluding hydrogens is 322 g/mol. The average molecular weight is 347 g/mol. The average Bonchev–Trinajstić information content (AvgIpc) is 3.05. The van der Waals surface area contributed by atoms with Crippen molar-refractivity contribution in [3.8, 4) is 5.75 Å². The van der Waals surface area contributed by atoms with Crippen LogP contribution in [0.25, 0.3) is 0 Å². The molecule has 0 bridgehead atoms. The molecule has 1 aromatic carbocycles. The second-order valence-corrected chi connectivity index (χ2v) is 6.47. The number of benzene rings is 1. The van der Waals surface area contributed by atoms with Crippen LogP contribution in [0.5, 0.6) is 5.75 Å². The highest BCUT2D eigenvalue weighted by Crippen LogP contribution is 2.30. The molecule has 3 amide bonds. The quantitative estimate of drug-likeness (QED) is 0.887. The number of urea groups is 1. The first kappa shape index (κ1) is 17.5. The molecule has 2 heterocycles. The summed E-state index contributed by atoms with van der Waals surface area (Å²) in [4.78, 5) is 28.0. The van der Waals surface area contributed by atoms with Gasteiger partial charge < -0.3 is 24.6 Å². The first-order valence-corrected chi connectivity index (χ1v) is 8.61. The van der Waals surface area contributed by atoms with E-state index in [4.69, 9.17) is 9.47 Å². The van der Waals surface area contributed by atoms with Crippen LogP contribution in [-0.4, -0.2) is 74.3 Å². The number of likely N-dealkylation sites (tertiary alicyclic amines) is 1. The lowest BCUT2D eigenvalue weighted by atomic mass is 9.94. The normalized spacial score (nSPS) is 23.4. The van der Waals surface area contributed by atoms with Gasteiger partial charge in [-0.2, -0.15) is 0 Å². The molecule has 2 fully saturated rings. The maximum absolute atomic E-state index is 12.8. The number of carbonyl (C=O) groups is 2. The number of hydrogen-bond donors (Lipinski definition) is 1. The third kappa shape index (κ3) is 4.04. The maximum atomic E-state index is 12.8. The minimum absolute atomic E-state index is 0.0228. The fraction of sp³-hybridized carbons (Fsp3) is 0.556. The standard InChI is InChI=1S/C18H25N3O4/c1-13(22)19-17-12-21(18(23)20-7-9-25-10-8-20)11-16(17)14-3-5-15(24-2)6-4-14/h3-6,16-17H,7-12H2,1-2H3,(H,19,22)/t16-,17+/m0/s1. The molecular formula is C18H25N3O4. The predicted octanol–water partition coefficient (Wildman–Crippen LogP) is 1.05. The van der Waals surface area contributed by atoms with E-state index in [2.05, 4.69) is 5.32 Å². The molecule has 0 unspecified atom stereocenters. The van der Waals surface area contributed by atoms with E-state index in [0.717, 1.165) is 11.3 Å². The van der Waals surface area contributed by atoms with Crippen molar-refractivity contribution in [1.82, 2.24) is 15.1 Å². The van der Waals surface area contributed by atoms with E-state index in [1.807, 2.05) is 34.1 Å². The topological polar surface area (TPSA) is 71.1 Å². The van der Waals surface area contributed by atoms with Crippen LogP contribution in [0.4, 0.5) is 4.79 Å². The Balaban J connectivity index is 1.75. The summed E-state index contributed by atoms with van der Waals surface area (Å²) in [5.74, 6) is 0.781. The Kier molecular flexibility index (Phi) is 5.43. The molecule has 2 aliphatic rings. The van der Waals surface area contributed by atoms with E-state index in [1.54, 1.807) is 7.11 Å². The van der Waals surface area contributed by atoms with Gasteiger partial charge in [-0.3, -0.25) is 4.79 Å². The number of amides is 3. The number of methoxy groups -OCH3 is 1. The van der Waals surface area contributed by atoms with Crippen molar-refractivity contribution in [3.05, 3.63) is 29.8 Å². The summed E-state index contributed by atoms with van der Waals surface area (Å²) in [5.41, 5.74) is 1.09. The molecule has 25 heavy (non-hydrogen) atoms. The van der Waals surface area contributed by atoms with Crippen molar-refractivity contribution >= 4 is 11.9 Å². The Hall–Kier alpha value is -2.28. The first-order chi connectivity index (χ1) is 12.1. The zero-order chi connectivity index (χ0) is 17.8. The Morgan fingerprint density at radius 3 is 2.40 bits per heavy atom. The summed E-state index contributed by atoms with van der Waals surface area (Å²) < 4.78 is 10.5. The van der Waals surface area contributed by atoms with Gasteiger partial charge in [-0.15, -0.1) is 0 Å². The number of ether oxygens (including phenoxy) is 2. The van der Waals surface area contributed by atoms with Crippen molar-refractivity contribution in [2.24, 2.45) is 0 Å². The van der Waals surface area contributed by atoms with Gasteiger partial charge in [-0.1, -0.05) is 12.1 Å². The molecule has 2 saturated heterocycles. The van der Waals surface area contributed by atoms with Crippen LogP contribution in [-0.2, 0) is 9.53 Å². The van der Waals surface area contributed by atoms with Gasteiger partial charge in [0.1, 0.15) is 5.75 Å². The fourth-order valence-corrected chi connectivity index (χ4v) is 3.51. The van der Waals surface area contributed by atoms with Crippen molar-refractivity contribution in [2.75, 3.05) is 46.5 Å². The lowest BCUT2D eigenvalue weighted by molar-refractivity contribution is -0.119. The minimum atomic E-state index is -0.0871. The SMILES string of the molecule is COc1ccc([C@@H]2CN(C(=O)N3CCOCC3)C[C@H]2NC(C)=O)cc1. The fourth-order valence-electron chi connectivity index (χ4n) is 3.51. The molecule has 1 N–H and O–H groups in total. The van der Waals surface area contributed by atoms with E-state index in [-0.39, 0.29) is 23.9 Å². The highest BCUT2D eigenvalue weighted by Gasteiger charge is 2.38. The van der Waals surface area contributed by atoms with Crippen molar-refractivity contribution < 1.29 is 19.1 Å². The van der Waals surface area contributed by atoms with E-state index in [9.17, 15) is 9.59 Å². The second-order valence-electron chi connectivity index (χ2n) is 6.47. The van der Waals surface area contributed by atoms with E-state index in [1.165, 1.54) is 6.92 Å². The molecule has 7 nitrogen and oxygen atoms in total. The molecule has 0 aliphatic carbocycles. The van der Waals surface area contributed by atoms with E-state index >= 15 is 0 Å². The number of nitrogens with zero attached hydrogens (tertiary/aromatic N) is 2. The monoisotopic (exact) mass is 347 g/mol. The number of hydrogen-bond acceptors (Lipinski definition) is 4. The van der Waals surface area contributed by atoms with Crippen LogP contribution >= 0.6 is 0 Å². The van der Waals surface area contributed by atoms with Gasteiger partial charge in [0.15, 0.2) is 0 Å². The van der Waals surface area contributed by atoms with Crippen LogP contribution < -0.4 is 10.1 Å². The third-order valence-electron chi connectivity index (χ3n) is 4.80. The molecule has 0 aromatic heterocycles. The number of morpholine rings is 1. The molecule has 0 spiro atoms.